The largest absolute Gasteiger partial charge is 0.393 e. The van der Waals surface area contributed by atoms with Gasteiger partial charge in [0.05, 0.1) is 37.1 Å². The fourth-order valence-corrected chi connectivity index (χ4v) is 3.26. The van der Waals surface area contributed by atoms with E-state index in [0.29, 0.717) is 37.3 Å². The number of aliphatic hydroxyl groups excluding tert-OH is 5. The number of ether oxygens (including phenoxy) is 1. The van der Waals surface area contributed by atoms with E-state index in [1.807, 2.05) is 13.8 Å². The molecule has 8 nitrogen and oxygen atoms in total. The molecule has 0 bridgehead atoms. The first-order chi connectivity index (χ1) is 12.3. The van der Waals surface area contributed by atoms with Gasteiger partial charge in [0, 0.05) is 13.0 Å². The van der Waals surface area contributed by atoms with E-state index in [0.717, 1.165) is 0 Å². The predicted octanol–water partition coefficient (Wildman–Crippen LogP) is -0.987. The summed E-state index contributed by atoms with van der Waals surface area (Å²) in [4.78, 5) is 0. The second-order valence-electron chi connectivity index (χ2n) is 6.83. The highest BCUT2D eigenvalue weighted by Crippen LogP contribution is 2.22. The van der Waals surface area contributed by atoms with Crippen molar-refractivity contribution in [3.63, 3.8) is 0 Å². The van der Waals surface area contributed by atoms with Crippen molar-refractivity contribution in [1.82, 2.24) is 10.6 Å². The molecule has 9 heteroatoms. The highest BCUT2D eigenvalue weighted by molar-refractivity contribution is 7.80. The molecule has 1 fully saturated rings. The summed E-state index contributed by atoms with van der Waals surface area (Å²) in [5.41, 5.74) is 0. The number of hydrogen-bond acceptors (Lipinski definition) is 7. The molecule has 1 aliphatic rings. The van der Waals surface area contributed by atoms with Gasteiger partial charge in [0.1, 0.15) is 12.2 Å². The summed E-state index contributed by atoms with van der Waals surface area (Å²) in [5.74, 6) is 0. The molecule has 0 aliphatic heterocycles. The first-order valence-corrected chi connectivity index (χ1v) is 9.77. The van der Waals surface area contributed by atoms with Crippen LogP contribution < -0.4 is 10.6 Å². The van der Waals surface area contributed by atoms with Crippen molar-refractivity contribution >= 4 is 17.3 Å². The van der Waals surface area contributed by atoms with Crippen LogP contribution in [0.1, 0.15) is 46.0 Å². The summed E-state index contributed by atoms with van der Waals surface area (Å²) in [6.45, 7) is 4.38. The van der Waals surface area contributed by atoms with Gasteiger partial charge in [-0.2, -0.15) is 0 Å². The van der Waals surface area contributed by atoms with Gasteiger partial charge in [-0.3, -0.25) is 0 Å². The summed E-state index contributed by atoms with van der Waals surface area (Å²) in [5, 5.41) is 56.4. The van der Waals surface area contributed by atoms with Crippen molar-refractivity contribution in [2.45, 2.75) is 88.6 Å². The van der Waals surface area contributed by atoms with E-state index in [2.05, 4.69) is 10.6 Å². The molecule has 0 aromatic carbocycles. The molecule has 0 radical (unpaired) electrons. The Morgan fingerprint density at radius 2 is 1.85 bits per heavy atom. The molecule has 0 amide bonds. The summed E-state index contributed by atoms with van der Waals surface area (Å²) >= 11 is 5.17. The highest BCUT2D eigenvalue weighted by atomic mass is 32.1. The number of thiocarbonyl (C=S) groups is 1. The number of hydrogen-bond donors (Lipinski definition) is 7. The zero-order valence-electron chi connectivity index (χ0n) is 15.5. The average molecular weight is 395 g/mol. The predicted molar refractivity (Wildman–Crippen MR) is 102 cm³/mol. The van der Waals surface area contributed by atoms with Gasteiger partial charge in [-0.25, -0.2) is 0 Å². The first-order valence-electron chi connectivity index (χ1n) is 9.36. The Morgan fingerprint density at radius 3 is 2.46 bits per heavy atom. The summed E-state index contributed by atoms with van der Waals surface area (Å²) in [6, 6.07) is -0.583. The van der Waals surface area contributed by atoms with Crippen molar-refractivity contribution < 1.29 is 30.3 Å². The molecule has 26 heavy (non-hydrogen) atoms. The fourth-order valence-electron chi connectivity index (χ4n) is 2.97. The Kier molecular flexibility index (Phi) is 10.9. The Labute approximate surface area is 160 Å². The zero-order valence-corrected chi connectivity index (χ0v) is 16.4. The lowest BCUT2D eigenvalue weighted by molar-refractivity contribution is -0.120. The van der Waals surface area contributed by atoms with Crippen LogP contribution in [0.25, 0.3) is 0 Å². The minimum absolute atomic E-state index is 0.0354. The lowest BCUT2D eigenvalue weighted by Crippen LogP contribution is -2.52. The summed E-state index contributed by atoms with van der Waals surface area (Å²) in [6.07, 6.45) is -3.43. The third kappa shape index (κ3) is 7.59. The van der Waals surface area contributed by atoms with Gasteiger partial charge in [-0.05, 0) is 44.8 Å². The molecule has 7 unspecified atom stereocenters. The van der Waals surface area contributed by atoms with Gasteiger partial charge < -0.3 is 40.9 Å². The van der Waals surface area contributed by atoms with Crippen molar-refractivity contribution in [3.8, 4) is 0 Å². The minimum atomic E-state index is -1.26. The van der Waals surface area contributed by atoms with Crippen LogP contribution in [0.2, 0.25) is 0 Å². The molecule has 154 valence electrons. The van der Waals surface area contributed by atoms with Gasteiger partial charge in [0.15, 0.2) is 5.11 Å². The molecular formula is C17H34N2O6S. The van der Waals surface area contributed by atoms with Gasteiger partial charge in [0.2, 0.25) is 0 Å². The normalized spacial score (nSPS) is 30.1. The second-order valence-corrected chi connectivity index (χ2v) is 7.23. The van der Waals surface area contributed by atoms with Crippen LogP contribution in [-0.4, -0.2) is 86.5 Å². The van der Waals surface area contributed by atoms with Gasteiger partial charge >= 0.3 is 0 Å². The zero-order chi connectivity index (χ0) is 19.7. The lowest BCUT2D eigenvalue weighted by atomic mass is 10.0. The number of rotatable bonds is 9. The van der Waals surface area contributed by atoms with E-state index in [-0.39, 0.29) is 13.0 Å². The molecule has 1 aliphatic carbocycles. The third-order valence-corrected chi connectivity index (χ3v) is 4.97. The van der Waals surface area contributed by atoms with E-state index in [1.54, 1.807) is 0 Å². The molecule has 1 saturated carbocycles. The quantitative estimate of drug-likeness (QED) is 0.194. The van der Waals surface area contributed by atoms with Gasteiger partial charge in [-0.1, -0.05) is 6.92 Å². The molecule has 0 heterocycles. The van der Waals surface area contributed by atoms with Crippen LogP contribution in [-0.2, 0) is 4.74 Å². The summed E-state index contributed by atoms with van der Waals surface area (Å²) in [7, 11) is 0. The SMILES string of the molecule is CCNC(=S)NC(COC1CCCC(O)C(O)C1O)C(O)CC(O)CC. The van der Waals surface area contributed by atoms with Crippen molar-refractivity contribution in [2.24, 2.45) is 0 Å². The van der Waals surface area contributed by atoms with Crippen LogP contribution in [0.4, 0.5) is 0 Å². The van der Waals surface area contributed by atoms with Crippen molar-refractivity contribution in [3.05, 3.63) is 0 Å². The lowest BCUT2D eigenvalue weighted by Gasteiger charge is -2.30. The van der Waals surface area contributed by atoms with Crippen molar-refractivity contribution in [2.75, 3.05) is 13.2 Å². The summed E-state index contributed by atoms with van der Waals surface area (Å²) < 4.78 is 5.76. The molecule has 0 spiro atoms. The maximum Gasteiger partial charge on any atom is 0.166 e. The van der Waals surface area contributed by atoms with Crippen LogP contribution >= 0.6 is 12.2 Å². The first kappa shape index (κ1) is 23.5. The molecule has 1 rings (SSSR count). The molecule has 7 N–H and O–H groups in total. The Morgan fingerprint density at radius 1 is 1.15 bits per heavy atom. The van der Waals surface area contributed by atoms with E-state index >= 15 is 0 Å². The van der Waals surface area contributed by atoms with Crippen LogP contribution in [0.3, 0.4) is 0 Å². The molecular weight excluding hydrogens is 360 g/mol. The van der Waals surface area contributed by atoms with E-state index in [1.165, 1.54) is 0 Å². The standard InChI is InChI=1S/C17H34N2O6S/c1-3-10(20)8-13(22)11(19-17(26)18-4-2)9-25-14-7-5-6-12(21)15(23)16(14)24/h10-16,20-24H,3-9H2,1-2H3,(H2,18,19,26). The topological polar surface area (TPSA) is 134 Å². The van der Waals surface area contributed by atoms with Crippen molar-refractivity contribution in [1.29, 1.82) is 0 Å². The maximum atomic E-state index is 10.4. The van der Waals surface area contributed by atoms with Crippen LogP contribution in [0, 0.1) is 0 Å². The Hall–Kier alpha value is -0.550. The Bertz CT molecular complexity index is 417. The minimum Gasteiger partial charge on any atom is -0.393 e. The molecule has 0 aromatic heterocycles. The van der Waals surface area contributed by atoms with Gasteiger partial charge in [0.25, 0.3) is 0 Å². The average Bonchev–Trinajstić information content (AvgIpc) is 2.72. The number of nitrogens with one attached hydrogen (secondary N) is 2. The van der Waals surface area contributed by atoms with Gasteiger partial charge in [-0.15, -0.1) is 0 Å². The van der Waals surface area contributed by atoms with E-state index in [4.69, 9.17) is 17.0 Å². The fraction of sp³-hybridized carbons (Fsp3) is 0.941. The molecule has 0 saturated heterocycles. The smallest absolute Gasteiger partial charge is 0.166 e. The highest BCUT2D eigenvalue weighted by Gasteiger charge is 2.35. The maximum absolute atomic E-state index is 10.4. The Balaban J connectivity index is 2.69. The molecule has 0 aromatic rings. The number of aliphatic hydroxyl groups is 5. The second kappa shape index (κ2) is 12.0. The van der Waals surface area contributed by atoms with Crippen LogP contribution in [0.15, 0.2) is 0 Å². The van der Waals surface area contributed by atoms with Crippen LogP contribution in [0.5, 0.6) is 0 Å². The van der Waals surface area contributed by atoms with E-state index in [9.17, 15) is 25.5 Å². The monoisotopic (exact) mass is 394 g/mol. The van der Waals surface area contributed by atoms with E-state index < -0.39 is 42.7 Å². The molecule has 7 atom stereocenters. The third-order valence-electron chi connectivity index (χ3n) is 4.71.